The molecule has 1 aromatic carbocycles. The number of guanidine groups is 2. The molecule has 0 aromatic heterocycles. The number of hydrogen-bond donors (Lipinski definition) is 3. The maximum atomic E-state index is 11.0. The summed E-state index contributed by atoms with van der Waals surface area (Å²) < 4.78 is 0. The van der Waals surface area contributed by atoms with E-state index in [0.29, 0.717) is 5.96 Å². The van der Waals surface area contributed by atoms with Crippen LogP contribution in [0.25, 0.3) is 0 Å². The van der Waals surface area contributed by atoms with E-state index >= 15 is 0 Å². The lowest BCUT2D eigenvalue weighted by molar-refractivity contribution is -0.136. The minimum atomic E-state index is -0.861. The average Bonchev–Trinajstić information content (AvgIpc) is 2.50. The van der Waals surface area contributed by atoms with Crippen molar-refractivity contribution in [1.29, 1.82) is 0 Å². The fourth-order valence-electron chi connectivity index (χ4n) is 3.65. The van der Waals surface area contributed by atoms with Gasteiger partial charge in [-0.15, -0.1) is 0 Å². The van der Waals surface area contributed by atoms with E-state index in [1.807, 2.05) is 30.0 Å². The normalized spacial score (nSPS) is 19.8. The molecule has 1 heterocycles. The Morgan fingerprint density at radius 3 is 2.67 bits per heavy atom. The molecule has 1 aliphatic carbocycles. The number of benzene rings is 1. The zero-order valence-corrected chi connectivity index (χ0v) is 13.8. The van der Waals surface area contributed by atoms with E-state index in [2.05, 4.69) is 9.98 Å². The molecule has 1 aromatic rings. The van der Waals surface area contributed by atoms with E-state index in [4.69, 9.17) is 16.6 Å². The first-order valence-electron chi connectivity index (χ1n) is 8.22. The van der Waals surface area contributed by atoms with E-state index in [9.17, 15) is 4.79 Å². The molecule has 0 bridgehead atoms. The fourth-order valence-corrected chi connectivity index (χ4v) is 3.65. The molecule has 24 heavy (non-hydrogen) atoms. The van der Waals surface area contributed by atoms with Gasteiger partial charge in [-0.3, -0.25) is 9.69 Å². The Kier molecular flexibility index (Phi) is 4.17. The summed E-state index contributed by atoms with van der Waals surface area (Å²) in [5, 5.41) is 9.07. The summed E-state index contributed by atoms with van der Waals surface area (Å²) in [5.41, 5.74) is 14.2. The molecule has 0 saturated heterocycles. The quantitative estimate of drug-likeness (QED) is 0.780. The molecule has 1 spiro atoms. The number of hydrogen-bond acceptors (Lipinski definition) is 6. The lowest BCUT2D eigenvalue weighted by Gasteiger charge is -2.46. The monoisotopic (exact) mass is 329 g/mol. The zero-order valence-electron chi connectivity index (χ0n) is 13.8. The molecule has 5 N–H and O–H groups in total. The summed E-state index contributed by atoms with van der Waals surface area (Å²) in [5.74, 6) is -0.329. The van der Waals surface area contributed by atoms with Crippen LogP contribution in [0.5, 0.6) is 0 Å². The number of nitrogens with zero attached hydrogens (tertiary/aromatic N) is 3. The maximum Gasteiger partial charge on any atom is 0.307 e. The average molecular weight is 329 g/mol. The van der Waals surface area contributed by atoms with Crippen molar-refractivity contribution in [2.24, 2.45) is 21.5 Å². The van der Waals surface area contributed by atoms with Gasteiger partial charge in [0.2, 0.25) is 11.9 Å². The summed E-state index contributed by atoms with van der Waals surface area (Å²) in [4.78, 5) is 21.8. The second kappa shape index (κ2) is 6.14. The highest BCUT2D eigenvalue weighted by Crippen LogP contribution is 2.40. The Bertz CT molecular complexity index is 720. The van der Waals surface area contributed by atoms with Crippen molar-refractivity contribution in [2.45, 2.75) is 51.1 Å². The highest BCUT2D eigenvalue weighted by Gasteiger charge is 2.43. The Morgan fingerprint density at radius 2 is 2.00 bits per heavy atom. The molecule has 1 saturated carbocycles. The molecule has 7 heteroatoms. The van der Waals surface area contributed by atoms with Gasteiger partial charge in [0.05, 0.1) is 6.42 Å². The third-order valence-corrected chi connectivity index (χ3v) is 4.72. The maximum absolute atomic E-state index is 11.0. The number of anilines is 1. The van der Waals surface area contributed by atoms with Crippen LogP contribution in [0.1, 0.15) is 43.2 Å². The van der Waals surface area contributed by atoms with E-state index in [1.54, 1.807) is 0 Å². The predicted molar refractivity (Wildman–Crippen MR) is 94.1 cm³/mol. The lowest BCUT2D eigenvalue weighted by Crippen LogP contribution is -2.58. The van der Waals surface area contributed by atoms with Gasteiger partial charge in [-0.05, 0) is 49.8 Å². The van der Waals surface area contributed by atoms with Crippen molar-refractivity contribution in [1.82, 2.24) is 0 Å². The minimum Gasteiger partial charge on any atom is -0.481 e. The molecule has 0 radical (unpaired) electrons. The van der Waals surface area contributed by atoms with Gasteiger partial charge >= 0.3 is 5.97 Å². The Hall–Kier alpha value is -2.57. The second-order valence-electron chi connectivity index (χ2n) is 6.51. The van der Waals surface area contributed by atoms with Crippen LogP contribution >= 0.6 is 0 Å². The van der Waals surface area contributed by atoms with Gasteiger partial charge in [0.15, 0.2) is 0 Å². The summed E-state index contributed by atoms with van der Waals surface area (Å²) in [6.07, 6.45) is 4.94. The molecule has 0 amide bonds. The number of carboxylic acid groups (broad SMARTS) is 1. The summed E-state index contributed by atoms with van der Waals surface area (Å²) in [6, 6.07) is 5.62. The SMILES string of the molecule is Cc1ccc(CC(=O)O)cc1N1C(N)=NC(N)=NC12CCCCC2. The highest BCUT2D eigenvalue weighted by molar-refractivity contribution is 6.06. The first-order valence-corrected chi connectivity index (χ1v) is 8.22. The van der Waals surface area contributed by atoms with Crippen LogP contribution in [0.3, 0.4) is 0 Å². The number of aryl methyl sites for hydroxylation is 1. The second-order valence-corrected chi connectivity index (χ2v) is 6.51. The number of rotatable bonds is 3. The van der Waals surface area contributed by atoms with Gasteiger partial charge in [0, 0.05) is 5.69 Å². The highest BCUT2D eigenvalue weighted by atomic mass is 16.4. The van der Waals surface area contributed by atoms with Crippen molar-refractivity contribution in [3.63, 3.8) is 0 Å². The van der Waals surface area contributed by atoms with Crippen molar-refractivity contribution in [3.05, 3.63) is 29.3 Å². The van der Waals surface area contributed by atoms with Gasteiger partial charge in [-0.25, -0.2) is 4.99 Å². The van der Waals surface area contributed by atoms with Crippen molar-refractivity contribution < 1.29 is 9.90 Å². The fraction of sp³-hybridized carbons (Fsp3) is 0.471. The third kappa shape index (κ3) is 2.93. The van der Waals surface area contributed by atoms with Crippen LogP contribution in [-0.2, 0) is 11.2 Å². The smallest absolute Gasteiger partial charge is 0.307 e. The molecule has 7 nitrogen and oxygen atoms in total. The van der Waals surface area contributed by atoms with Crippen LogP contribution in [0.4, 0.5) is 5.69 Å². The van der Waals surface area contributed by atoms with Crippen molar-refractivity contribution in [2.75, 3.05) is 4.90 Å². The first-order chi connectivity index (χ1) is 11.4. The van der Waals surface area contributed by atoms with Gasteiger partial charge in [0.1, 0.15) is 5.66 Å². The molecule has 3 rings (SSSR count). The lowest BCUT2D eigenvalue weighted by atomic mass is 9.86. The first kappa shape index (κ1) is 16.3. The van der Waals surface area contributed by atoms with Gasteiger partial charge in [-0.1, -0.05) is 18.6 Å². The molecule has 0 unspecified atom stereocenters. The topological polar surface area (TPSA) is 117 Å². The van der Waals surface area contributed by atoms with Crippen molar-refractivity contribution in [3.8, 4) is 0 Å². The molecule has 1 fully saturated rings. The van der Waals surface area contributed by atoms with Gasteiger partial charge in [0.25, 0.3) is 0 Å². The Balaban J connectivity index is 2.08. The summed E-state index contributed by atoms with van der Waals surface area (Å²) in [6.45, 7) is 1.98. The van der Waals surface area contributed by atoms with E-state index < -0.39 is 11.6 Å². The van der Waals surface area contributed by atoms with E-state index in [0.717, 1.165) is 42.5 Å². The molecular formula is C17H23N5O2. The van der Waals surface area contributed by atoms with Crippen molar-refractivity contribution >= 4 is 23.6 Å². The van der Waals surface area contributed by atoms with Crippen LogP contribution in [-0.4, -0.2) is 28.7 Å². The Morgan fingerprint density at radius 1 is 1.29 bits per heavy atom. The summed E-state index contributed by atoms with van der Waals surface area (Å²) in [7, 11) is 0. The number of nitrogens with two attached hydrogens (primary N) is 2. The zero-order chi connectivity index (χ0) is 17.3. The van der Waals surface area contributed by atoms with Crippen LogP contribution in [0.15, 0.2) is 28.2 Å². The number of aliphatic imine (C=N–C) groups is 2. The Labute approximate surface area is 141 Å². The third-order valence-electron chi connectivity index (χ3n) is 4.72. The standard InChI is InChI=1S/C17H23N5O2/c1-11-5-6-12(10-14(23)24)9-13(11)22-16(19)20-15(18)21-17(22)7-3-2-4-8-17/h5-6,9H,2-4,7-8,10H2,1H3,(H,23,24)(H4,18,19,20,21). The molecule has 128 valence electrons. The number of carboxylic acids is 1. The number of aliphatic carboxylic acids is 1. The van der Waals surface area contributed by atoms with E-state index in [1.165, 1.54) is 6.42 Å². The van der Waals surface area contributed by atoms with Gasteiger partial charge < -0.3 is 16.6 Å². The minimum absolute atomic E-state index is 0.0312. The molecule has 1 aliphatic heterocycles. The van der Waals surface area contributed by atoms with E-state index in [-0.39, 0.29) is 12.4 Å². The largest absolute Gasteiger partial charge is 0.481 e. The van der Waals surface area contributed by atoms with Gasteiger partial charge in [-0.2, -0.15) is 4.99 Å². The predicted octanol–water partition coefficient (Wildman–Crippen LogP) is 1.73. The molecule has 0 atom stereocenters. The molecule has 2 aliphatic rings. The number of carbonyl (C=O) groups is 1. The van der Waals surface area contributed by atoms with Crippen LogP contribution in [0.2, 0.25) is 0 Å². The molecular weight excluding hydrogens is 306 g/mol. The summed E-state index contributed by atoms with van der Waals surface area (Å²) >= 11 is 0. The van der Waals surface area contributed by atoms with Crippen LogP contribution < -0.4 is 16.4 Å². The van der Waals surface area contributed by atoms with Crippen LogP contribution in [0, 0.1) is 6.92 Å².